The Morgan fingerprint density at radius 1 is 1.32 bits per heavy atom. The number of rotatable bonds is 4. The quantitative estimate of drug-likeness (QED) is 0.892. The summed E-state index contributed by atoms with van der Waals surface area (Å²) in [4.78, 5) is -0.498. The first-order valence-electron chi connectivity index (χ1n) is 6.32. The van der Waals surface area contributed by atoms with Gasteiger partial charge >= 0.3 is 6.36 Å². The summed E-state index contributed by atoms with van der Waals surface area (Å²) < 4.78 is 67.2. The Labute approximate surface area is 132 Å². The third-order valence-electron chi connectivity index (χ3n) is 3.26. The van der Waals surface area contributed by atoms with E-state index in [1.165, 1.54) is 12.1 Å². The first kappa shape index (κ1) is 19.0. The van der Waals surface area contributed by atoms with Crippen molar-refractivity contribution in [1.82, 2.24) is 4.31 Å². The second kappa shape index (κ2) is 7.03. The van der Waals surface area contributed by atoms with Gasteiger partial charge in [0.1, 0.15) is 10.6 Å². The lowest BCUT2D eigenvalue weighted by Gasteiger charge is -2.24. The van der Waals surface area contributed by atoms with Gasteiger partial charge in [0.25, 0.3) is 0 Å². The van der Waals surface area contributed by atoms with Gasteiger partial charge in [0, 0.05) is 19.1 Å². The number of halogens is 4. The van der Waals surface area contributed by atoms with E-state index in [2.05, 4.69) is 4.74 Å². The van der Waals surface area contributed by atoms with Gasteiger partial charge in [0.05, 0.1) is 0 Å². The minimum absolute atomic E-state index is 0. The van der Waals surface area contributed by atoms with Crippen molar-refractivity contribution < 1.29 is 26.3 Å². The van der Waals surface area contributed by atoms with Crippen LogP contribution in [0.5, 0.6) is 5.75 Å². The third kappa shape index (κ3) is 4.03. The number of ether oxygens (including phenoxy) is 1. The van der Waals surface area contributed by atoms with Gasteiger partial charge in [-0.25, -0.2) is 8.42 Å². The van der Waals surface area contributed by atoms with E-state index >= 15 is 0 Å². The van der Waals surface area contributed by atoms with Crippen molar-refractivity contribution in [2.24, 2.45) is 5.73 Å². The zero-order chi connectivity index (χ0) is 15.7. The Hall–Kier alpha value is -1.03. The van der Waals surface area contributed by atoms with E-state index in [9.17, 15) is 21.6 Å². The molecule has 22 heavy (non-hydrogen) atoms. The third-order valence-corrected chi connectivity index (χ3v) is 5.25. The summed E-state index contributed by atoms with van der Waals surface area (Å²) in [5.41, 5.74) is 5.52. The topological polar surface area (TPSA) is 72.6 Å². The molecule has 10 heteroatoms. The van der Waals surface area contributed by atoms with Gasteiger partial charge < -0.3 is 10.5 Å². The average molecular weight is 361 g/mol. The van der Waals surface area contributed by atoms with Crippen LogP contribution in [0.4, 0.5) is 13.2 Å². The summed E-state index contributed by atoms with van der Waals surface area (Å²) in [7, 11) is -4.07. The molecule has 1 aromatic rings. The lowest BCUT2D eigenvalue weighted by Crippen LogP contribution is -2.40. The van der Waals surface area contributed by atoms with Crippen LogP contribution in [0.3, 0.4) is 0 Å². The molecule has 1 atom stereocenters. The summed E-state index contributed by atoms with van der Waals surface area (Å²) in [5.74, 6) is -0.729. The van der Waals surface area contributed by atoms with Crippen LogP contribution in [0, 0.1) is 0 Å². The smallest absolute Gasteiger partial charge is 0.404 e. The molecule has 0 spiro atoms. The van der Waals surface area contributed by atoms with Gasteiger partial charge in [-0.15, -0.1) is 25.6 Å². The van der Waals surface area contributed by atoms with Crippen LogP contribution in [0.1, 0.15) is 12.8 Å². The Balaban J connectivity index is 0.00000242. The van der Waals surface area contributed by atoms with Gasteiger partial charge in [0.2, 0.25) is 10.0 Å². The number of nitrogens with zero attached hydrogens (tertiary/aromatic N) is 1. The maximum atomic E-state index is 12.5. The number of sulfonamides is 1. The van der Waals surface area contributed by atoms with Crippen LogP contribution in [0.2, 0.25) is 0 Å². The van der Waals surface area contributed by atoms with Crippen LogP contribution in [0.25, 0.3) is 0 Å². The molecular formula is C12H16ClF3N2O3S. The van der Waals surface area contributed by atoms with Gasteiger partial charge in [-0.3, -0.25) is 0 Å². The van der Waals surface area contributed by atoms with Crippen molar-refractivity contribution in [1.29, 1.82) is 0 Å². The molecule has 2 N–H and O–H groups in total. The molecule has 0 radical (unpaired) electrons. The SMILES string of the molecule is Cl.NCC1CCCN1S(=O)(=O)c1ccccc1OC(F)(F)F. The molecule has 1 aliphatic heterocycles. The van der Waals surface area contributed by atoms with E-state index in [-0.39, 0.29) is 25.5 Å². The molecule has 5 nitrogen and oxygen atoms in total. The summed E-state index contributed by atoms with van der Waals surface area (Å²) in [5, 5.41) is 0. The van der Waals surface area contributed by atoms with E-state index in [1.807, 2.05) is 0 Å². The highest BCUT2D eigenvalue weighted by molar-refractivity contribution is 7.89. The van der Waals surface area contributed by atoms with Crippen molar-refractivity contribution >= 4 is 22.4 Å². The van der Waals surface area contributed by atoms with Gasteiger partial charge in [0.15, 0.2) is 0 Å². The monoisotopic (exact) mass is 360 g/mol. The summed E-state index contributed by atoms with van der Waals surface area (Å²) in [6, 6.07) is 4.32. The molecule has 0 saturated carbocycles. The molecular weight excluding hydrogens is 345 g/mol. The van der Waals surface area contributed by atoms with Crippen LogP contribution >= 0.6 is 12.4 Å². The Morgan fingerprint density at radius 2 is 1.95 bits per heavy atom. The molecule has 1 aliphatic rings. The van der Waals surface area contributed by atoms with Crippen molar-refractivity contribution in [3.63, 3.8) is 0 Å². The molecule has 1 heterocycles. The maximum Gasteiger partial charge on any atom is 0.573 e. The molecule has 0 amide bonds. The fraction of sp³-hybridized carbons (Fsp3) is 0.500. The Kier molecular flexibility index (Phi) is 6.08. The van der Waals surface area contributed by atoms with Gasteiger partial charge in [-0.05, 0) is 25.0 Å². The number of para-hydroxylation sites is 1. The summed E-state index contributed by atoms with van der Waals surface area (Å²) >= 11 is 0. The van der Waals surface area contributed by atoms with Crippen LogP contribution in [0.15, 0.2) is 29.2 Å². The predicted molar refractivity (Wildman–Crippen MR) is 76.3 cm³/mol. The van der Waals surface area contributed by atoms with Crippen LogP contribution in [-0.4, -0.2) is 38.2 Å². The number of hydrogen-bond acceptors (Lipinski definition) is 4. The van der Waals surface area contributed by atoms with E-state index < -0.39 is 33.1 Å². The zero-order valence-electron chi connectivity index (χ0n) is 11.4. The van der Waals surface area contributed by atoms with Crippen molar-refractivity contribution in [3.8, 4) is 5.75 Å². The molecule has 1 fully saturated rings. The Morgan fingerprint density at radius 3 is 2.55 bits per heavy atom. The average Bonchev–Trinajstić information content (AvgIpc) is 2.86. The first-order valence-corrected chi connectivity index (χ1v) is 7.76. The minimum Gasteiger partial charge on any atom is -0.404 e. The highest BCUT2D eigenvalue weighted by Gasteiger charge is 2.38. The molecule has 1 saturated heterocycles. The highest BCUT2D eigenvalue weighted by Crippen LogP contribution is 2.33. The molecule has 0 aliphatic carbocycles. The standard InChI is InChI=1S/C12H15F3N2O3S.ClH/c13-12(14,15)20-10-5-1-2-6-11(10)21(18,19)17-7-3-4-9(17)8-16;/h1-2,5-6,9H,3-4,7-8,16H2;1H. The van der Waals surface area contributed by atoms with E-state index in [0.29, 0.717) is 12.8 Å². The fourth-order valence-electron chi connectivity index (χ4n) is 2.36. The van der Waals surface area contributed by atoms with Gasteiger partial charge in [-0.1, -0.05) is 12.1 Å². The summed E-state index contributed by atoms with van der Waals surface area (Å²) in [6.45, 7) is 0.367. The number of hydrogen-bond donors (Lipinski definition) is 1. The lowest BCUT2D eigenvalue weighted by atomic mass is 10.2. The molecule has 0 aromatic heterocycles. The molecule has 1 unspecified atom stereocenters. The van der Waals surface area contributed by atoms with E-state index in [1.54, 1.807) is 0 Å². The Bertz CT molecular complexity index is 610. The normalized spacial score (nSPS) is 19.7. The molecule has 126 valence electrons. The number of alkyl halides is 3. The molecule has 2 rings (SSSR count). The fourth-order valence-corrected chi connectivity index (χ4v) is 4.18. The van der Waals surface area contributed by atoms with Crippen molar-refractivity contribution in [3.05, 3.63) is 24.3 Å². The van der Waals surface area contributed by atoms with Crippen LogP contribution in [-0.2, 0) is 10.0 Å². The molecule has 0 bridgehead atoms. The second-order valence-corrected chi connectivity index (χ2v) is 6.50. The highest BCUT2D eigenvalue weighted by atomic mass is 35.5. The van der Waals surface area contributed by atoms with Crippen molar-refractivity contribution in [2.45, 2.75) is 30.1 Å². The van der Waals surface area contributed by atoms with Crippen LogP contribution < -0.4 is 10.5 Å². The zero-order valence-corrected chi connectivity index (χ0v) is 13.0. The predicted octanol–water partition coefficient (Wildman–Crippen LogP) is 2.12. The lowest BCUT2D eigenvalue weighted by molar-refractivity contribution is -0.275. The largest absolute Gasteiger partial charge is 0.573 e. The second-order valence-electron chi connectivity index (χ2n) is 4.64. The first-order chi connectivity index (χ1) is 9.75. The van der Waals surface area contributed by atoms with E-state index in [4.69, 9.17) is 5.73 Å². The van der Waals surface area contributed by atoms with Crippen molar-refractivity contribution in [2.75, 3.05) is 13.1 Å². The number of nitrogens with two attached hydrogens (primary N) is 1. The molecule has 1 aromatic carbocycles. The van der Waals surface area contributed by atoms with E-state index in [0.717, 1.165) is 16.4 Å². The number of benzene rings is 1. The van der Waals surface area contributed by atoms with Gasteiger partial charge in [-0.2, -0.15) is 4.31 Å². The summed E-state index contributed by atoms with van der Waals surface area (Å²) in [6.07, 6.45) is -3.73. The maximum absolute atomic E-state index is 12.5. The minimum atomic E-state index is -4.95.